The zero-order chi connectivity index (χ0) is 21.5. The largest absolute Gasteiger partial charge is 0.307 e. The molecule has 1 heterocycles. The molecule has 8 heteroatoms. The lowest BCUT2D eigenvalue weighted by Crippen LogP contribution is -2.27. The van der Waals surface area contributed by atoms with Crippen LogP contribution in [0.3, 0.4) is 0 Å². The summed E-state index contributed by atoms with van der Waals surface area (Å²) in [6.45, 7) is 12.3. The van der Waals surface area contributed by atoms with E-state index in [1.54, 1.807) is 4.68 Å². The van der Waals surface area contributed by atoms with Gasteiger partial charge >= 0.3 is 0 Å². The number of carbonyl (C=O) groups is 1. The highest BCUT2D eigenvalue weighted by Gasteiger charge is 2.26. The van der Waals surface area contributed by atoms with Crippen LogP contribution in [0.25, 0.3) is 0 Å². The van der Waals surface area contributed by atoms with Gasteiger partial charge in [0, 0.05) is 31.1 Å². The van der Waals surface area contributed by atoms with Gasteiger partial charge in [0.15, 0.2) is 0 Å². The van der Waals surface area contributed by atoms with Gasteiger partial charge in [-0.2, -0.15) is 5.10 Å². The molecule has 0 spiro atoms. The average Bonchev–Trinajstić information content (AvgIpc) is 2.99. The molecule has 2 aromatic rings. The SMILES string of the molecule is CN(C)S(=O)(=O)c1ccc(C(=O)Nc2cc(C(C)(C)C)nn2C(C)(C)C)cc1. The maximum atomic E-state index is 12.7. The van der Waals surface area contributed by atoms with Crippen LogP contribution < -0.4 is 5.32 Å². The number of rotatable bonds is 4. The molecule has 0 saturated carbocycles. The number of nitrogens with zero attached hydrogens (tertiary/aromatic N) is 3. The molecule has 0 unspecified atom stereocenters. The van der Waals surface area contributed by atoms with E-state index in [-0.39, 0.29) is 21.8 Å². The van der Waals surface area contributed by atoms with Crippen molar-refractivity contribution in [3.8, 4) is 0 Å². The van der Waals surface area contributed by atoms with E-state index in [0.29, 0.717) is 11.4 Å². The molecular weight excluding hydrogens is 376 g/mol. The van der Waals surface area contributed by atoms with Crippen molar-refractivity contribution in [3.05, 3.63) is 41.6 Å². The molecule has 1 N–H and O–H groups in total. The van der Waals surface area contributed by atoms with E-state index in [4.69, 9.17) is 0 Å². The highest BCUT2D eigenvalue weighted by molar-refractivity contribution is 7.89. The number of hydrogen-bond donors (Lipinski definition) is 1. The zero-order valence-corrected chi connectivity index (χ0v) is 18.7. The molecule has 0 aliphatic heterocycles. The first kappa shape index (κ1) is 22.1. The fourth-order valence-electron chi connectivity index (χ4n) is 2.53. The third-order valence-corrected chi connectivity index (χ3v) is 6.08. The minimum Gasteiger partial charge on any atom is -0.307 e. The molecule has 2 rings (SSSR count). The molecule has 154 valence electrons. The fourth-order valence-corrected chi connectivity index (χ4v) is 3.43. The molecule has 0 saturated heterocycles. The maximum absolute atomic E-state index is 12.7. The summed E-state index contributed by atoms with van der Waals surface area (Å²) in [5.41, 5.74) is 0.787. The molecule has 7 nitrogen and oxygen atoms in total. The number of amides is 1. The lowest BCUT2D eigenvalue weighted by atomic mass is 9.92. The predicted octanol–water partition coefficient (Wildman–Crippen LogP) is 3.44. The van der Waals surface area contributed by atoms with Crippen LogP contribution in [0.4, 0.5) is 5.82 Å². The maximum Gasteiger partial charge on any atom is 0.256 e. The Morgan fingerprint density at radius 2 is 1.57 bits per heavy atom. The number of sulfonamides is 1. The second-order valence-corrected chi connectivity index (χ2v) is 11.2. The lowest BCUT2D eigenvalue weighted by Gasteiger charge is -2.23. The minimum atomic E-state index is -3.53. The Kier molecular flexibility index (Phi) is 5.78. The molecule has 28 heavy (non-hydrogen) atoms. The quantitative estimate of drug-likeness (QED) is 0.843. The molecule has 1 aromatic heterocycles. The molecule has 0 radical (unpaired) electrons. The highest BCUT2D eigenvalue weighted by Crippen LogP contribution is 2.28. The summed E-state index contributed by atoms with van der Waals surface area (Å²) >= 11 is 0. The molecule has 1 amide bonds. The van der Waals surface area contributed by atoms with Crippen LogP contribution in [0.15, 0.2) is 35.2 Å². The van der Waals surface area contributed by atoms with Gasteiger partial charge in [0.05, 0.1) is 16.1 Å². The summed E-state index contributed by atoms with van der Waals surface area (Å²) in [5.74, 6) is 0.284. The van der Waals surface area contributed by atoms with Gasteiger partial charge in [-0.05, 0) is 45.0 Å². The summed E-state index contributed by atoms with van der Waals surface area (Å²) in [7, 11) is -0.593. The summed E-state index contributed by atoms with van der Waals surface area (Å²) in [6, 6.07) is 7.77. The normalized spacial score (nSPS) is 13.0. The third-order valence-electron chi connectivity index (χ3n) is 4.25. The predicted molar refractivity (Wildman–Crippen MR) is 111 cm³/mol. The van der Waals surface area contributed by atoms with E-state index in [1.165, 1.54) is 38.4 Å². The molecule has 0 aliphatic rings. The van der Waals surface area contributed by atoms with Gasteiger partial charge in [0.2, 0.25) is 10.0 Å². The third kappa shape index (κ3) is 4.62. The van der Waals surface area contributed by atoms with E-state index in [2.05, 4.69) is 31.2 Å². The summed E-state index contributed by atoms with van der Waals surface area (Å²) in [5, 5.41) is 7.59. The number of aromatic nitrogens is 2. The van der Waals surface area contributed by atoms with Crippen molar-refractivity contribution in [1.82, 2.24) is 14.1 Å². The van der Waals surface area contributed by atoms with Crippen LogP contribution in [0.2, 0.25) is 0 Å². The molecule has 0 bridgehead atoms. The Morgan fingerprint density at radius 3 is 2.00 bits per heavy atom. The van der Waals surface area contributed by atoms with Crippen LogP contribution >= 0.6 is 0 Å². The molecule has 1 aromatic carbocycles. The Hall–Kier alpha value is -2.19. The molecular formula is C20H30N4O3S. The van der Waals surface area contributed by atoms with Crippen LogP contribution in [0.5, 0.6) is 0 Å². The van der Waals surface area contributed by atoms with Gasteiger partial charge in [-0.1, -0.05) is 20.8 Å². The van der Waals surface area contributed by atoms with Gasteiger partial charge < -0.3 is 5.32 Å². The molecule has 0 fully saturated rings. The van der Waals surface area contributed by atoms with E-state index < -0.39 is 10.0 Å². The first-order valence-corrected chi connectivity index (χ1v) is 10.5. The van der Waals surface area contributed by atoms with Crippen LogP contribution in [-0.2, 0) is 21.0 Å². The monoisotopic (exact) mass is 406 g/mol. The highest BCUT2D eigenvalue weighted by atomic mass is 32.2. The Balaban J connectivity index is 2.34. The minimum absolute atomic E-state index is 0.142. The lowest BCUT2D eigenvalue weighted by molar-refractivity contribution is 0.102. The summed E-state index contributed by atoms with van der Waals surface area (Å²) < 4.78 is 27.3. The number of carbonyl (C=O) groups excluding carboxylic acids is 1. The van der Waals surface area contributed by atoms with E-state index in [1.807, 2.05) is 26.8 Å². The van der Waals surface area contributed by atoms with E-state index in [0.717, 1.165) is 10.00 Å². The van der Waals surface area contributed by atoms with Crippen molar-refractivity contribution in [2.24, 2.45) is 0 Å². The first-order chi connectivity index (χ1) is 12.6. The van der Waals surface area contributed by atoms with Crippen molar-refractivity contribution in [1.29, 1.82) is 0 Å². The van der Waals surface area contributed by atoms with Crippen molar-refractivity contribution in [2.75, 3.05) is 19.4 Å². The van der Waals surface area contributed by atoms with Crippen molar-refractivity contribution < 1.29 is 13.2 Å². The van der Waals surface area contributed by atoms with Crippen LogP contribution in [-0.4, -0.2) is 42.5 Å². The van der Waals surface area contributed by atoms with Crippen LogP contribution in [0.1, 0.15) is 57.6 Å². The van der Waals surface area contributed by atoms with E-state index >= 15 is 0 Å². The standard InChI is InChI=1S/C20H30N4O3S/c1-19(2,3)16-13-17(24(22-16)20(4,5)6)21-18(25)14-9-11-15(12-10-14)28(26,27)23(7)8/h9-13H,1-8H3,(H,21,25). The number of benzene rings is 1. The molecule has 0 atom stereocenters. The topological polar surface area (TPSA) is 84.3 Å². The van der Waals surface area contributed by atoms with Gasteiger partial charge in [0.1, 0.15) is 5.82 Å². The Bertz CT molecular complexity index is 960. The number of hydrogen-bond acceptors (Lipinski definition) is 4. The van der Waals surface area contributed by atoms with E-state index in [9.17, 15) is 13.2 Å². The zero-order valence-electron chi connectivity index (χ0n) is 17.9. The average molecular weight is 407 g/mol. The first-order valence-electron chi connectivity index (χ1n) is 9.09. The molecule has 0 aliphatic carbocycles. The van der Waals surface area contributed by atoms with Gasteiger partial charge in [-0.3, -0.25) is 4.79 Å². The van der Waals surface area contributed by atoms with Gasteiger partial charge in [-0.15, -0.1) is 0 Å². The van der Waals surface area contributed by atoms with Crippen LogP contribution in [0, 0.1) is 0 Å². The number of nitrogens with one attached hydrogen (secondary N) is 1. The smallest absolute Gasteiger partial charge is 0.256 e. The second-order valence-electron chi connectivity index (χ2n) is 9.01. The summed E-state index contributed by atoms with van der Waals surface area (Å²) in [6.07, 6.45) is 0. The van der Waals surface area contributed by atoms with Crippen molar-refractivity contribution >= 4 is 21.7 Å². The van der Waals surface area contributed by atoms with Crippen molar-refractivity contribution in [3.63, 3.8) is 0 Å². The summed E-state index contributed by atoms with van der Waals surface area (Å²) in [4.78, 5) is 12.9. The van der Waals surface area contributed by atoms with Crippen molar-refractivity contribution in [2.45, 2.75) is 57.4 Å². The Labute approximate surface area is 167 Å². The fraction of sp³-hybridized carbons (Fsp3) is 0.500. The Morgan fingerprint density at radius 1 is 1.04 bits per heavy atom. The van der Waals surface area contributed by atoms with Gasteiger partial charge in [0.25, 0.3) is 5.91 Å². The van der Waals surface area contributed by atoms with Gasteiger partial charge in [-0.25, -0.2) is 17.4 Å². The second kappa shape index (κ2) is 7.33. The number of anilines is 1.